The molecule has 0 spiro atoms. The number of likely N-dealkylation sites (tertiary alicyclic amines) is 1. The van der Waals surface area contributed by atoms with Crippen LogP contribution in [0.3, 0.4) is 0 Å². The largest absolute Gasteiger partial charge is 0.330 e. The van der Waals surface area contributed by atoms with E-state index < -0.39 is 10.0 Å². The fourth-order valence-electron chi connectivity index (χ4n) is 2.10. The highest BCUT2D eigenvalue weighted by Gasteiger charge is 2.19. The lowest BCUT2D eigenvalue weighted by molar-refractivity contribution is 0.194. The summed E-state index contributed by atoms with van der Waals surface area (Å²) in [6, 6.07) is 0. The van der Waals surface area contributed by atoms with Crippen LogP contribution in [0.1, 0.15) is 26.2 Å². The first-order valence-electron chi connectivity index (χ1n) is 6.47. The molecule has 102 valence electrons. The molecule has 1 rings (SSSR count). The van der Waals surface area contributed by atoms with Gasteiger partial charge in [0.25, 0.3) is 0 Å². The Bertz CT molecular complexity index is 298. The van der Waals surface area contributed by atoms with E-state index in [0.717, 1.165) is 32.5 Å². The van der Waals surface area contributed by atoms with E-state index in [-0.39, 0.29) is 5.75 Å². The van der Waals surface area contributed by atoms with Gasteiger partial charge >= 0.3 is 0 Å². The molecule has 3 N–H and O–H groups in total. The Morgan fingerprint density at radius 3 is 2.53 bits per heavy atom. The third kappa shape index (κ3) is 5.81. The lowest BCUT2D eigenvalue weighted by Crippen LogP contribution is -2.39. The molecule has 17 heavy (non-hydrogen) atoms. The second kappa shape index (κ2) is 7.31. The average Bonchev–Trinajstić information content (AvgIpc) is 2.35. The van der Waals surface area contributed by atoms with Gasteiger partial charge in [0, 0.05) is 6.54 Å². The summed E-state index contributed by atoms with van der Waals surface area (Å²) in [5, 5.41) is 0. The van der Waals surface area contributed by atoms with Crippen LogP contribution in [0.15, 0.2) is 0 Å². The summed E-state index contributed by atoms with van der Waals surface area (Å²) in [6.45, 7) is 6.45. The third-order valence-corrected chi connectivity index (χ3v) is 4.80. The van der Waals surface area contributed by atoms with E-state index >= 15 is 0 Å². The van der Waals surface area contributed by atoms with Gasteiger partial charge in [-0.1, -0.05) is 6.92 Å². The zero-order chi connectivity index (χ0) is 12.7. The molecular weight excluding hydrogens is 238 g/mol. The van der Waals surface area contributed by atoms with Crippen LogP contribution in [0.25, 0.3) is 0 Å². The Labute approximate surface area is 105 Å². The van der Waals surface area contributed by atoms with Crippen LogP contribution in [0.5, 0.6) is 0 Å². The lowest BCUT2D eigenvalue weighted by Gasteiger charge is -2.30. The molecule has 1 heterocycles. The Hall–Kier alpha value is -0.170. The molecule has 0 bridgehead atoms. The van der Waals surface area contributed by atoms with Crippen LogP contribution in [-0.4, -0.2) is 51.8 Å². The summed E-state index contributed by atoms with van der Waals surface area (Å²) in [5.41, 5.74) is 5.31. The van der Waals surface area contributed by atoms with Crippen molar-refractivity contribution in [3.63, 3.8) is 0 Å². The fraction of sp³-hybridized carbons (Fsp3) is 1.00. The molecule has 0 aromatic carbocycles. The highest BCUT2D eigenvalue weighted by atomic mass is 32.2. The fourth-order valence-corrected chi connectivity index (χ4v) is 3.28. The number of nitrogens with two attached hydrogens (primary N) is 1. The van der Waals surface area contributed by atoms with Gasteiger partial charge in [-0.25, -0.2) is 13.1 Å². The molecule has 1 saturated heterocycles. The Morgan fingerprint density at radius 1 is 1.35 bits per heavy atom. The van der Waals surface area contributed by atoms with Crippen molar-refractivity contribution in [1.82, 2.24) is 9.62 Å². The van der Waals surface area contributed by atoms with Gasteiger partial charge in [0.2, 0.25) is 10.0 Å². The quantitative estimate of drug-likeness (QED) is 0.677. The summed E-state index contributed by atoms with van der Waals surface area (Å²) < 4.78 is 25.8. The number of nitrogens with zero attached hydrogens (tertiary/aromatic N) is 1. The minimum absolute atomic E-state index is 0.150. The smallest absolute Gasteiger partial charge is 0.211 e. The van der Waals surface area contributed by atoms with E-state index in [0.29, 0.717) is 25.4 Å². The van der Waals surface area contributed by atoms with E-state index in [9.17, 15) is 8.42 Å². The van der Waals surface area contributed by atoms with Crippen LogP contribution in [0, 0.1) is 5.92 Å². The number of sulfonamides is 1. The van der Waals surface area contributed by atoms with E-state index in [4.69, 9.17) is 5.73 Å². The molecule has 0 amide bonds. The second-order valence-corrected chi connectivity index (χ2v) is 6.61. The zero-order valence-corrected chi connectivity index (χ0v) is 11.5. The van der Waals surface area contributed by atoms with Crippen LogP contribution in [-0.2, 0) is 10.0 Å². The maximum Gasteiger partial charge on any atom is 0.211 e. The molecule has 6 heteroatoms. The van der Waals surface area contributed by atoms with Gasteiger partial charge < -0.3 is 10.6 Å². The van der Waals surface area contributed by atoms with Crippen molar-refractivity contribution >= 4 is 10.0 Å². The third-order valence-electron chi connectivity index (χ3n) is 3.36. The number of rotatable bonds is 7. The van der Waals surface area contributed by atoms with Gasteiger partial charge in [0.05, 0.1) is 5.75 Å². The molecule has 0 radical (unpaired) electrons. The van der Waals surface area contributed by atoms with E-state index in [1.807, 2.05) is 0 Å². The molecule has 5 nitrogen and oxygen atoms in total. The maximum atomic E-state index is 11.6. The van der Waals surface area contributed by atoms with Crippen molar-refractivity contribution in [2.24, 2.45) is 11.7 Å². The molecule has 0 unspecified atom stereocenters. The van der Waals surface area contributed by atoms with Crippen molar-refractivity contribution in [3.8, 4) is 0 Å². The van der Waals surface area contributed by atoms with Crippen molar-refractivity contribution in [2.45, 2.75) is 26.2 Å². The van der Waals surface area contributed by atoms with Crippen molar-refractivity contribution in [1.29, 1.82) is 0 Å². The summed E-state index contributed by atoms with van der Waals surface area (Å²) in [7, 11) is -3.11. The van der Waals surface area contributed by atoms with Crippen LogP contribution in [0.2, 0.25) is 0 Å². The summed E-state index contributed by atoms with van der Waals surface area (Å²) in [4.78, 5) is 2.40. The zero-order valence-electron chi connectivity index (χ0n) is 10.7. The normalized spacial score (nSPS) is 19.6. The predicted molar refractivity (Wildman–Crippen MR) is 70.3 cm³/mol. The lowest BCUT2D eigenvalue weighted by atomic mass is 9.97. The van der Waals surface area contributed by atoms with Crippen LogP contribution in [0.4, 0.5) is 0 Å². The van der Waals surface area contributed by atoms with Gasteiger partial charge in [-0.2, -0.15) is 0 Å². The summed E-state index contributed by atoms with van der Waals surface area (Å²) in [5.74, 6) is 0.641. The number of nitrogens with one attached hydrogen (secondary N) is 1. The van der Waals surface area contributed by atoms with E-state index in [2.05, 4.69) is 16.5 Å². The molecule has 0 atom stereocenters. The SMILES string of the molecule is CCN1CCC(CNS(=O)(=O)CCCN)CC1. The first-order valence-corrected chi connectivity index (χ1v) is 8.12. The molecule has 1 aliphatic heterocycles. The van der Waals surface area contributed by atoms with Gasteiger partial charge in [-0.15, -0.1) is 0 Å². The minimum atomic E-state index is -3.11. The molecule has 1 fully saturated rings. The standard InChI is InChI=1S/C11H25N3O2S/c1-2-14-7-4-11(5-8-14)10-13-17(15,16)9-3-6-12/h11,13H,2-10,12H2,1H3. The topological polar surface area (TPSA) is 75.4 Å². The number of hydrogen-bond acceptors (Lipinski definition) is 4. The molecule has 0 aromatic heterocycles. The minimum Gasteiger partial charge on any atom is -0.330 e. The van der Waals surface area contributed by atoms with E-state index in [1.54, 1.807) is 0 Å². The van der Waals surface area contributed by atoms with Crippen molar-refractivity contribution in [3.05, 3.63) is 0 Å². The Balaban J connectivity index is 2.23. The highest BCUT2D eigenvalue weighted by molar-refractivity contribution is 7.89. The second-order valence-electron chi connectivity index (χ2n) is 4.69. The van der Waals surface area contributed by atoms with Crippen molar-refractivity contribution < 1.29 is 8.42 Å². The average molecular weight is 263 g/mol. The highest BCUT2D eigenvalue weighted by Crippen LogP contribution is 2.16. The van der Waals surface area contributed by atoms with Gasteiger partial charge in [-0.3, -0.25) is 0 Å². The molecule has 0 aromatic rings. The Morgan fingerprint density at radius 2 is 2.00 bits per heavy atom. The van der Waals surface area contributed by atoms with Crippen LogP contribution >= 0.6 is 0 Å². The van der Waals surface area contributed by atoms with E-state index in [1.165, 1.54) is 0 Å². The van der Waals surface area contributed by atoms with Gasteiger partial charge in [0.15, 0.2) is 0 Å². The Kier molecular flexibility index (Phi) is 6.40. The van der Waals surface area contributed by atoms with Gasteiger partial charge in [0.1, 0.15) is 0 Å². The van der Waals surface area contributed by atoms with Crippen molar-refractivity contribution in [2.75, 3.05) is 38.5 Å². The molecule has 0 aliphatic carbocycles. The van der Waals surface area contributed by atoms with Crippen LogP contribution < -0.4 is 10.5 Å². The molecule has 0 saturated carbocycles. The first-order chi connectivity index (χ1) is 8.07. The number of hydrogen-bond donors (Lipinski definition) is 2. The number of piperidine rings is 1. The first kappa shape index (κ1) is 14.9. The molecule has 1 aliphatic rings. The predicted octanol–water partition coefficient (Wildman–Crippen LogP) is -0.0135. The maximum absolute atomic E-state index is 11.6. The summed E-state index contributed by atoms with van der Waals surface area (Å²) >= 11 is 0. The molecular formula is C11H25N3O2S. The summed E-state index contributed by atoms with van der Waals surface area (Å²) in [6.07, 6.45) is 2.71. The van der Waals surface area contributed by atoms with Gasteiger partial charge in [-0.05, 0) is 51.4 Å². The monoisotopic (exact) mass is 263 g/mol.